The number of halogens is 3. The molecule has 0 bridgehead atoms. The SMILES string of the molecule is C[C@H](O)c1cccc(F)c1Oc1ccc(Br)cc1Cl. The maximum atomic E-state index is 13.8. The van der Waals surface area contributed by atoms with Gasteiger partial charge in [-0.3, -0.25) is 0 Å². The zero-order valence-corrected chi connectivity index (χ0v) is 12.4. The minimum Gasteiger partial charge on any atom is -0.452 e. The lowest BCUT2D eigenvalue weighted by Crippen LogP contribution is -1.99. The van der Waals surface area contributed by atoms with E-state index >= 15 is 0 Å². The van der Waals surface area contributed by atoms with Crippen molar-refractivity contribution in [1.29, 1.82) is 0 Å². The summed E-state index contributed by atoms with van der Waals surface area (Å²) in [7, 11) is 0. The Bertz CT molecular complexity index is 602. The summed E-state index contributed by atoms with van der Waals surface area (Å²) in [6, 6.07) is 9.42. The molecule has 0 saturated carbocycles. The molecule has 0 aliphatic carbocycles. The van der Waals surface area contributed by atoms with Crippen molar-refractivity contribution in [2.45, 2.75) is 13.0 Å². The molecule has 2 nitrogen and oxygen atoms in total. The fourth-order valence-electron chi connectivity index (χ4n) is 1.63. The van der Waals surface area contributed by atoms with Gasteiger partial charge in [0.15, 0.2) is 11.6 Å². The molecule has 1 N–H and O–H groups in total. The number of para-hydroxylation sites is 1. The topological polar surface area (TPSA) is 29.5 Å². The van der Waals surface area contributed by atoms with Crippen molar-refractivity contribution in [3.05, 3.63) is 57.3 Å². The van der Waals surface area contributed by atoms with Gasteiger partial charge in [0.05, 0.1) is 11.1 Å². The summed E-state index contributed by atoms with van der Waals surface area (Å²) >= 11 is 9.30. The third-order valence-corrected chi connectivity index (χ3v) is 3.34. The third kappa shape index (κ3) is 3.26. The Morgan fingerprint density at radius 3 is 2.68 bits per heavy atom. The second-order valence-corrected chi connectivity index (χ2v) is 5.33. The molecular formula is C14H11BrClFO2. The summed E-state index contributed by atoms with van der Waals surface area (Å²) in [5.74, 6) is -0.226. The second kappa shape index (κ2) is 5.90. The minimum absolute atomic E-state index is 0.0123. The molecule has 0 aromatic heterocycles. The van der Waals surface area contributed by atoms with Crippen LogP contribution in [0, 0.1) is 5.82 Å². The molecule has 5 heteroatoms. The normalized spacial score (nSPS) is 12.3. The Kier molecular flexibility index (Phi) is 4.45. The molecule has 0 radical (unpaired) electrons. The number of aliphatic hydroxyl groups excluding tert-OH is 1. The van der Waals surface area contributed by atoms with Gasteiger partial charge in [0.2, 0.25) is 0 Å². The second-order valence-electron chi connectivity index (χ2n) is 4.01. The van der Waals surface area contributed by atoms with Crippen LogP contribution in [0.15, 0.2) is 40.9 Å². The quantitative estimate of drug-likeness (QED) is 0.840. The van der Waals surface area contributed by atoms with E-state index < -0.39 is 11.9 Å². The smallest absolute Gasteiger partial charge is 0.168 e. The first kappa shape index (κ1) is 14.3. The number of hydrogen-bond donors (Lipinski definition) is 1. The highest BCUT2D eigenvalue weighted by Gasteiger charge is 2.16. The van der Waals surface area contributed by atoms with Crippen molar-refractivity contribution < 1.29 is 14.2 Å². The van der Waals surface area contributed by atoms with E-state index in [1.54, 1.807) is 31.2 Å². The lowest BCUT2D eigenvalue weighted by Gasteiger charge is -2.14. The van der Waals surface area contributed by atoms with Crippen molar-refractivity contribution in [3.63, 3.8) is 0 Å². The molecule has 2 rings (SSSR count). The molecule has 100 valence electrons. The summed E-state index contributed by atoms with van der Waals surface area (Å²) in [6.07, 6.45) is -0.833. The highest BCUT2D eigenvalue weighted by atomic mass is 79.9. The molecule has 0 saturated heterocycles. The zero-order chi connectivity index (χ0) is 14.0. The van der Waals surface area contributed by atoms with Gasteiger partial charge in [-0.1, -0.05) is 39.7 Å². The predicted octanol–water partition coefficient (Wildman–Crippen LogP) is 5.09. The number of ether oxygens (including phenoxy) is 1. The van der Waals surface area contributed by atoms with Gasteiger partial charge in [0.25, 0.3) is 0 Å². The fourth-order valence-corrected chi connectivity index (χ4v) is 2.34. The van der Waals surface area contributed by atoms with Crippen LogP contribution in [0.1, 0.15) is 18.6 Å². The van der Waals surface area contributed by atoms with E-state index in [4.69, 9.17) is 16.3 Å². The zero-order valence-electron chi connectivity index (χ0n) is 10.0. The third-order valence-electron chi connectivity index (χ3n) is 2.55. The molecule has 0 amide bonds. The van der Waals surface area contributed by atoms with Crippen LogP contribution in [-0.2, 0) is 0 Å². The Balaban J connectivity index is 2.43. The van der Waals surface area contributed by atoms with Crippen LogP contribution in [0.4, 0.5) is 4.39 Å². The van der Waals surface area contributed by atoms with Gasteiger partial charge >= 0.3 is 0 Å². The van der Waals surface area contributed by atoms with E-state index in [-0.39, 0.29) is 5.75 Å². The molecule has 2 aromatic carbocycles. The lowest BCUT2D eigenvalue weighted by molar-refractivity contribution is 0.194. The van der Waals surface area contributed by atoms with Crippen LogP contribution >= 0.6 is 27.5 Å². The van der Waals surface area contributed by atoms with Gasteiger partial charge in [-0.05, 0) is 31.2 Å². The summed E-state index contributed by atoms with van der Waals surface area (Å²) < 4.78 is 20.1. The van der Waals surface area contributed by atoms with E-state index in [1.165, 1.54) is 12.1 Å². The molecule has 0 spiro atoms. The van der Waals surface area contributed by atoms with Gasteiger partial charge < -0.3 is 9.84 Å². The molecule has 0 fully saturated rings. The highest BCUT2D eigenvalue weighted by molar-refractivity contribution is 9.10. The number of benzene rings is 2. The van der Waals surface area contributed by atoms with E-state index in [9.17, 15) is 9.50 Å². The molecule has 0 aliphatic rings. The Labute approximate surface area is 123 Å². The first-order valence-corrected chi connectivity index (χ1v) is 6.75. The van der Waals surface area contributed by atoms with E-state index in [1.807, 2.05) is 0 Å². The monoisotopic (exact) mass is 344 g/mol. The molecule has 2 aromatic rings. The van der Waals surface area contributed by atoms with Crippen LogP contribution < -0.4 is 4.74 Å². The maximum absolute atomic E-state index is 13.8. The van der Waals surface area contributed by atoms with E-state index in [0.717, 1.165) is 4.47 Å². The molecule has 0 unspecified atom stereocenters. The van der Waals surface area contributed by atoms with Gasteiger partial charge in [0, 0.05) is 10.0 Å². The van der Waals surface area contributed by atoms with E-state index in [0.29, 0.717) is 16.3 Å². The fraction of sp³-hybridized carbons (Fsp3) is 0.143. The average Bonchev–Trinajstić information content (AvgIpc) is 2.34. The van der Waals surface area contributed by atoms with Gasteiger partial charge in [0.1, 0.15) is 5.75 Å². The molecule has 0 aliphatic heterocycles. The predicted molar refractivity (Wildman–Crippen MR) is 76.3 cm³/mol. The van der Waals surface area contributed by atoms with Crippen molar-refractivity contribution in [1.82, 2.24) is 0 Å². The van der Waals surface area contributed by atoms with Crippen molar-refractivity contribution in [3.8, 4) is 11.5 Å². The molecule has 0 heterocycles. The number of aliphatic hydroxyl groups is 1. The Morgan fingerprint density at radius 2 is 2.05 bits per heavy atom. The standard InChI is InChI=1S/C14H11BrClFO2/c1-8(18)10-3-2-4-12(17)14(10)19-13-6-5-9(15)7-11(13)16/h2-8,18H,1H3/t8-/m0/s1. The Hall–Kier alpha value is -1.10. The largest absolute Gasteiger partial charge is 0.452 e. The summed E-state index contributed by atoms with van der Waals surface area (Å²) in [6.45, 7) is 1.55. The van der Waals surface area contributed by atoms with Crippen LogP contribution in [0.3, 0.4) is 0 Å². The number of rotatable bonds is 3. The summed E-state index contributed by atoms with van der Waals surface area (Å²) in [4.78, 5) is 0. The van der Waals surface area contributed by atoms with Gasteiger partial charge in [-0.25, -0.2) is 4.39 Å². The van der Waals surface area contributed by atoms with Crippen LogP contribution in [-0.4, -0.2) is 5.11 Å². The van der Waals surface area contributed by atoms with Crippen LogP contribution in [0.5, 0.6) is 11.5 Å². The summed E-state index contributed by atoms with van der Waals surface area (Å²) in [5, 5.41) is 9.99. The molecule has 1 atom stereocenters. The van der Waals surface area contributed by atoms with Crippen LogP contribution in [0.2, 0.25) is 5.02 Å². The Morgan fingerprint density at radius 1 is 1.32 bits per heavy atom. The van der Waals surface area contributed by atoms with Gasteiger partial charge in [-0.2, -0.15) is 0 Å². The van der Waals surface area contributed by atoms with Crippen LogP contribution in [0.25, 0.3) is 0 Å². The van der Waals surface area contributed by atoms with Gasteiger partial charge in [-0.15, -0.1) is 0 Å². The minimum atomic E-state index is -0.833. The van der Waals surface area contributed by atoms with Crippen molar-refractivity contribution in [2.75, 3.05) is 0 Å². The first-order valence-electron chi connectivity index (χ1n) is 5.58. The highest BCUT2D eigenvalue weighted by Crippen LogP contribution is 2.36. The van der Waals surface area contributed by atoms with Crippen molar-refractivity contribution in [2.24, 2.45) is 0 Å². The molecular weight excluding hydrogens is 335 g/mol. The maximum Gasteiger partial charge on any atom is 0.168 e. The summed E-state index contributed by atoms with van der Waals surface area (Å²) in [5.41, 5.74) is 0.374. The van der Waals surface area contributed by atoms with Crippen molar-refractivity contribution >= 4 is 27.5 Å². The lowest BCUT2D eigenvalue weighted by atomic mass is 10.1. The van der Waals surface area contributed by atoms with E-state index in [2.05, 4.69) is 15.9 Å². The first-order chi connectivity index (χ1) is 8.99. The number of hydrogen-bond acceptors (Lipinski definition) is 2. The average molecular weight is 346 g/mol. The molecule has 19 heavy (non-hydrogen) atoms.